The number of hydrogen-bond donors (Lipinski definition) is 2. The van der Waals surface area contributed by atoms with Gasteiger partial charge < -0.3 is 10.4 Å². The van der Waals surface area contributed by atoms with Gasteiger partial charge in [0.2, 0.25) is 5.91 Å². The molecule has 10 heteroatoms. The lowest BCUT2D eigenvalue weighted by atomic mass is 10.1. The van der Waals surface area contributed by atoms with E-state index in [1.807, 2.05) is 0 Å². The van der Waals surface area contributed by atoms with Gasteiger partial charge in [-0.25, -0.2) is 0 Å². The Morgan fingerprint density at radius 3 is 2.74 bits per heavy atom. The summed E-state index contributed by atoms with van der Waals surface area (Å²) in [6, 6.07) is 3.97. The van der Waals surface area contributed by atoms with Crippen molar-refractivity contribution in [2.24, 2.45) is 5.92 Å². The van der Waals surface area contributed by atoms with Crippen LogP contribution in [0.15, 0.2) is 18.2 Å². The normalized spacial score (nSPS) is 17.3. The van der Waals surface area contributed by atoms with Gasteiger partial charge in [0.05, 0.1) is 17.4 Å². The molecule has 126 valence electrons. The summed E-state index contributed by atoms with van der Waals surface area (Å²) in [7, 11) is 0. The molecule has 0 aliphatic carbocycles. The zero-order chi connectivity index (χ0) is 16.3. The molecule has 23 heavy (non-hydrogen) atoms. The molecule has 1 aromatic rings. The highest BCUT2D eigenvalue weighted by molar-refractivity contribution is 6.31. The number of nitro groups is 1. The molecule has 0 bridgehead atoms. The minimum atomic E-state index is -0.878. The van der Waals surface area contributed by atoms with Crippen LogP contribution < -0.4 is 5.32 Å². The lowest BCUT2D eigenvalue weighted by Crippen LogP contribution is -2.32. The molecule has 8 nitrogen and oxygen atoms in total. The van der Waals surface area contributed by atoms with Crippen LogP contribution in [-0.4, -0.2) is 46.4 Å². The number of carbonyl (C=O) groups excluding carboxylic acids is 1. The molecule has 1 saturated heterocycles. The van der Waals surface area contributed by atoms with Gasteiger partial charge in [0.25, 0.3) is 5.69 Å². The summed E-state index contributed by atoms with van der Waals surface area (Å²) in [5.74, 6) is -1.79. The zero-order valence-corrected chi connectivity index (χ0v) is 13.5. The number of nitrogens with one attached hydrogen (secondary N) is 1. The van der Waals surface area contributed by atoms with Crippen molar-refractivity contribution in [2.75, 3.05) is 25.0 Å². The van der Waals surface area contributed by atoms with Crippen LogP contribution in [-0.2, 0) is 9.59 Å². The fraction of sp³-hybridized carbons (Fsp3) is 0.385. The number of carboxylic acids is 1. The first-order valence-electron chi connectivity index (χ1n) is 6.56. The monoisotopic (exact) mass is 363 g/mol. The van der Waals surface area contributed by atoms with Gasteiger partial charge in [0.15, 0.2) is 0 Å². The first kappa shape index (κ1) is 19.1. The number of benzene rings is 1. The van der Waals surface area contributed by atoms with Crippen molar-refractivity contribution >= 4 is 47.3 Å². The van der Waals surface area contributed by atoms with E-state index in [2.05, 4.69) is 5.32 Å². The van der Waals surface area contributed by atoms with E-state index in [1.165, 1.54) is 12.1 Å². The number of carbonyl (C=O) groups is 2. The first-order chi connectivity index (χ1) is 10.4. The predicted molar refractivity (Wildman–Crippen MR) is 86.2 cm³/mol. The first-order valence-corrected chi connectivity index (χ1v) is 6.93. The van der Waals surface area contributed by atoms with Gasteiger partial charge in [0.1, 0.15) is 5.69 Å². The molecule has 2 rings (SSSR count). The molecule has 0 saturated carbocycles. The minimum Gasteiger partial charge on any atom is -0.481 e. The van der Waals surface area contributed by atoms with Crippen molar-refractivity contribution in [3.05, 3.63) is 33.3 Å². The van der Waals surface area contributed by atoms with Crippen LogP contribution >= 0.6 is 24.0 Å². The maximum atomic E-state index is 11.9. The predicted octanol–water partition coefficient (Wildman–Crippen LogP) is 2.01. The smallest absolute Gasteiger partial charge is 0.307 e. The molecule has 0 spiro atoms. The molecule has 2 N–H and O–H groups in total. The second-order valence-electron chi connectivity index (χ2n) is 5.03. The van der Waals surface area contributed by atoms with Crippen molar-refractivity contribution in [1.82, 2.24) is 4.90 Å². The summed E-state index contributed by atoms with van der Waals surface area (Å²) in [6.45, 7) is 0.794. The summed E-state index contributed by atoms with van der Waals surface area (Å²) in [5.41, 5.74) is -0.223. The number of hydrogen-bond acceptors (Lipinski definition) is 5. The Balaban J connectivity index is 0.00000264. The van der Waals surface area contributed by atoms with Gasteiger partial charge in [-0.3, -0.25) is 24.6 Å². The maximum Gasteiger partial charge on any atom is 0.307 e. The van der Waals surface area contributed by atoms with Gasteiger partial charge in [-0.1, -0.05) is 11.6 Å². The van der Waals surface area contributed by atoms with Crippen molar-refractivity contribution in [1.29, 1.82) is 0 Å². The summed E-state index contributed by atoms with van der Waals surface area (Å²) in [5, 5.41) is 22.5. The van der Waals surface area contributed by atoms with E-state index in [9.17, 15) is 19.7 Å². The van der Waals surface area contributed by atoms with Crippen molar-refractivity contribution in [3.8, 4) is 0 Å². The average molecular weight is 364 g/mol. The van der Waals surface area contributed by atoms with Crippen LogP contribution in [0, 0.1) is 16.0 Å². The van der Waals surface area contributed by atoms with E-state index in [0.717, 1.165) is 6.07 Å². The summed E-state index contributed by atoms with van der Waals surface area (Å²) in [6.07, 6.45) is 0.490. The molecule has 1 aliphatic rings. The van der Waals surface area contributed by atoms with Crippen LogP contribution in [0.5, 0.6) is 0 Å². The van der Waals surface area contributed by atoms with E-state index in [0.29, 0.717) is 19.5 Å². The molecule has 1 aliphatic heterocycles. The number of anilines is 1. The van der Waals surface area contributed by atoms with E-state index in [4.69, 9.17) is 16.7 Å². The molecule has 0 radical (unpaired) electrons. The molecule has 1 aromatic carbocycles. The van der Waals surface area contributed by atoms with Crippen LogP contribution in [0.1, 0.15) is 6.42 Å². The number of halogens is 2. The molecule has 1 unspecified atom stereocenters. The quantitative estimate of drug-likeness (QED) is 0.611. The van der Waals surface area contributed by atoms with E-state index in [-0.39, 0.29) is 35.3 Å². The number of likely N-dealkylation sites (tertiary alicyclic amines) is 1. The largest absolute Gasteiger partial charge is 0.481 e. The summed E-state index contributed by atoms with van der Waals surface area (Å²) >= 11 is 5.70. The van der Waals surface area contributed by atoms with Gasteiger partial charge in [-0.15, -0.1) is 12.4 Å². The third kappa shape index (κ3) is 5.05. The lowest BCUT2D eigenvalue weighted by Gasteiger charge is -2.14. The number of rotatable bonds is 5. The average Bonchev–Trinajstić information content (AvgIpc) is 2.89. The molecule has 1 amide bonds. The Bertz CT molecular complexity index is 626. The minimum absolute atomic E-state index is 0. The highest BCUT2D eigenvalue weighted by atomic mass is 35.5. The Hall–Kier alpha value is -1.90. The highest BCUT2D eigenvalue weighted by Gasteiger charge is 2.29. The van der Waals surface area contributed by atoms with Crippen LogP contribution in [0.25, 0.3) is 0 Å². The SMILES string of the molecule is Cl.O=C(CN1CCC(C(=O)O)C1)Nc1ccc(Cl)cc1[N+](=O)[O-]. The fourth-order valence-corrected chi connectivity index (χ4v) is 2.50. The Kier molecular flexibility index (Phi) is 6.74. The molecular formula is C13H15Cl2N3O5. The van der Waals surface area contributed by atoms with Crippen LogP contribution in [0.3, 0.4) is 0 Å². The molecule has 0 aromatic heterocycles. The molecule has 1 atom stereocenters. The van der Waals surface area contributed by atoms with E-state index < -0.39 is 22.7 Å². The van der Waals surface area contributed by atoms with Gasteiger partial charge >= 0.3 is 5.97 Å². The Morgan fingerprint density at radius 2 is 2.17 bits per heavy atom. The third-order valence-corrected chi connectivity index (χ3v) is 3.65. The lowest BCUT2D eigenvalue weighted by molar-refractivity contribution is -0.383. The molecule has 1 heterocycles. The van der Waals surface area contributed by atoms with Crippen molar-refractivity contribution in [2.45, 2.75) is 6.42 Å². The van der Waals surface area contributed by atoms with Crippen molar-refractivity contribution < 1.29 is 19.6 Å². The van der Waals surface area contributed by atoms with E-state index >= 15 is 0 Å². The van der Waals surface area contributed by atoms with Gasteiger partial charge in [0, 0.05) is 17.6 Å². The standard InChI is InChI=1S/C13H14ClN3O5.ClH/c14-9-1-2-10(11(5-9)17(21)22)15-12(18)7-16-4-3-8(6-16)13(19)20;/h1-2,5,8H,3-4,6-7H2,(H,15,18)(H,19,20);1H. The zero-order valence-electron chi connectivity index (χ0n) is 11.9. The Morgan fingerprint density at radius 1 is 1.48 bits per heavy atom. The third-order valence-electron chi connectivity index (χ3n) is 3.42. The number of carboxylic acid groups (broad SMARTS) is 1. The van der Waals surface area contributed by atoms with Gasteiger partial charge in [-0.2, -0.15) is 0 Å². The number of amides is 1. The van der Waals surface area contributed by atoms with Crippen LogP contribution in [0.2, 0.25) is 5.02 Å². The summed E-state index contributed by atoms with van der Waals surface area (Å²) in [4.78, 5) is 34.8. The maximum absolute atomic E-state index is 11.9. The molecular weight excluding hydrogens is 349 g/mol. The number of nitro benzene ring substituents is 1. The van der Waals surface area contributed by atoms with Crippen LogP contribution in [0.4, 0.5) is 11.4 Å². The number of aliphatic carboxylic acids is 1. The fourth-order valence-electron chi connectivity index (χ4n) is 2.33. The Labute approximate surface area is 143 Å². The topological polar surface area (TPSA) is 113 Å². The van der Waals surface area contributed by atoms with E-state index in [1.54, 1.807) is 4.90 Å². The second-order valence-corrected chi connectivity index (χ2v) is 5.46. The summed E-state index contributed by atoms with van der Waals surface area (Å²) < 4.78 is 0. The van der Waals surface area contributed by atoms with Crippen molar-refractivity contribution in [3.63, 3.8) is 0 Å². The highest BCUT2D eigenvalue weighted by Crippen LogP contribution is 2.27. The molecule has 1 fully saturated rings. The second kappa shape index (κ2) is 8.09. The van der Waals surface area contributed by atoms with Gasteiger partial charge in [-0.05, 0) is 25.1 Å². The number of nitrogens with zero attached hydrogens (tertiary/aromatic N) is 2.